The van der Waals surface area contributed by atoms with Crippen molar-refractivity contribution in [2.75, 3.05) is 38.1 Å². The summed E-state index contributed by atoms with van der Waals surface area (Å²) in [7, 11) is 0. The summed E-state index contributed by atoms with van der Waals surface area (Å²) >= 11 is 0. The summed E-state index contributed by atoms with van der Waals surface area (Å²) in [5, 5.41) is 2.98. The van der Waals surface area contributed by atoms with Gasteiger partial charge in [0.15, 0.2) is 0 Å². The predicted molar refractivity (Wildman–Crippen MR) is 130 cm³/mol. The van der Waals surface area contributed by atoms with Crippen LogP contribution in [0.15, 0.2) is 48.5 Å². The van der Waals surface area contributed by atoms with Gasteiger partial charge in [-0.15, -0.1) is 0 Å². The number of benzene rings is 2. The SMILES string of the molecule is CCOC(=O)c1ccc(NC(=O)N2CCCC2CN2CCC(Cc3ccc(F)cc3)CC2)cc1. The Kier molecular flexibility index (Phi) is 8.16. The van der Waals surface area contributed by atoms with Crippen LogP contribution < -0.4 is 5.32 Å². The topological polar surface area (TPSA) is 61.9 Å². The van der Waals surface area contributed by atoms with Gasteiger partial charge in [0.25, 0.3) is 0 Å². The maximum absolute atomic E-state index is 13.1. The van der Waals surface area contributed by atoms with Crippen molar-refractivity contribution >= 4 is 17.7 Å². The van der Waals surface area contributed by atoms with Crippen LogP contribution in [0, 0.1) is 11.7 Å². The summed E-state index contributed by atoms with van der Waals surface area (Å²) in [4.78, 5) is 29.2. The number of esters is 1. The number of amides is 2. The van der Waals surface area contributed by atoms with Crippen LogP contribution in [0.5, 0.6) is 0 Å². The highest BCUT2D eigenvalue weighted by molar-refractivity contribution is 5.92. The van der Waals surface area contributed by atoms with Crippen LogP contribution in [-0.2, 0) is 11.2 Å². The Labute approximate surface area is 201 Å². The number of rotatable bonds is 7. The molecule has 2 fully saturated rings. The first-order chi connectivity index (χ1) is 16.5. The summed E-state index contributed by atoms with van der Waals surface area (Å²) in [6, 6.07) is 13.8. The van der Waals surface area contributed by atoms with Gasteiger partial charge in [-0.1, -0.05) is 12.1 Å². The van der Waals surface area contributed by atoms with E-state index in [0.29, 0.717) is 23.8 Å². The van der Waals surface area contributed by atoms with Crippen LogP contribution in [0.2, 0.25) is 0 Å². The lowest BCUT2D eigenvalue weighted by atomic mass is 9.90. The lowest BCUT2D eigenvalue weighted by Gasteiger charge is -2.35. The lowest BCUT2D eigenvalue weighted by Crippen LogP contribution is -2.47. The van der Waals surface area contributed by atoms with Gasteiger partial charge in [0.2, 0.25) is 0 Å². The van der Waals surface area contributed by atoms with E-state index in [-0.39, 0.29) is 23.9 Å². The second-order valence-electron chi connectivity index (χ2n) is 9.29. The van der Waals surface area contributed by atoms with E-state index in [1.165, 1.54) is 5.56 Å². The molecular weight excluding hydrogens is 433 g/mol. The first kappa shape index (κ1) is 24.2. The number of likely N-dealkylation sites (tertiary alicyclic amines) is 2. The molecule has 0 spiro atoms. The zero-order valence-corrected chi connectivity index (χ0v) is 19.8. The lowest BCUT2D eigenvalue weighted by molar-refractivity contribution is 0.0526. The minimum atomic E-state index is -0.360. The Bertz CT molecular complexity index is 956. The molecule has 0 saturated carbocycles. The Morgan fingerprint density at radius 2 is 1.71 bits per heavy atom. The number of nitrogens with zero attached hydrogens (tertiary/aromatic N) is 2. The molecule has 2 aromatic rings. The highest BCUT2D eigenvalue weighted by Gasteiger charge is 2.31. The van der Waals surface area contributed by atoms with Crippen molar-refractivity contribution in [3.05, 3.63) is 65.5 Å². The molecule has 2 aromatic carbocycles. The molecule has 0 radical (unpaired) electrons. The minimum absolute atomic E-state index is 0.0856. The molecule has 2 aliphatic rings. The number of ether oxygens (including phenoxy) is 1. The summed E-state index contributed by atoms with van der Waals surface area (Å²) in [5.74, 6) is 0.0844. The number of urea groups is 1. The van der Waals surface area contributed by atoms with Crippen molar-refractivity contribution in [2.45, 2.75) is 45.1 Å². The Morgan fingerprint density at radius 3 is 2.38 bits per heavy atom. The third-order valence-electron chi connectivity index (χ3n) is 6.90. The van der Waals surface area contributed by atoms with Crippen LogP contribution in [0.4, 0.5) is 14.9 Å². The van der Waals surface area contributed by atoms with Crippen molar-refractivity contribution in [1.29, 1.82) is 0 Å². The average Bonchev–Trinajstić information content (AvgIpc) is 3.31. The number of hydrogen-bond acceptors (Lipinski definition) is 4. The second-order valence-corrected chi connectivity index (χ2v) is 9.29. The van der Waals surface area contributed by atoms with E-state index >= 15 is 0 Å². The van der Waals surface area contributed by atoms with Crippen LogP contribution in [0.3, 0.4) is 0 Å². The standard InChI is InChI=1S/C27H34FN3O3/c1-2-34-26(32)22-7-11-24(12-8-22)29-27(33)31-15-3-4-25(31)19-30-16-13-21(14-17-30)18-20-5-9-23(28)10-6-20/h5-12,21,25H,2-4,13-19H2,1H3,(H,29,33). The molecule has 1 atom stereocenters. The van der Waals surface area contributed by atoms with Gasteiger partial charge in [-0.2, -0.15) is 0 Å². The number of carbonyl (C=O) groups excluding carboxylic acids is 2. The molecule has 2 amide bonds. The van der Waals surface area contributed by atoms with Gasteiger partial charge >= 0.3 is 12.0 Å². The maximum atomic E-state index is 13.1. The molecular formula is C27H34FN3O3. The molecule has 1 N–H and O–H groups in total. The van der Waals surface area contributed by atoms with Gasteiger partial charge < -0.3 is 19.9 Å². The zero-order valence-electron chi connectivity index (χ0n) is 19.8. The summed E-state index contributed by atoms with van der Waals surface area (Å²) in [5.41, 5.74) is 2.35. The van der Waals surface area contributed by atoms with Crippen LogP contribution >= 0.6 is 0 Å². The number of nitrogens with one attached hydrogen (secondary N) is 1. The normalized spacial score (nSPS) is 19.2. The highest BCUT2D eigenvalue weighted by Crippen LogP contribution is 2.25. The number of anilines is 1. The molecule has 0 aromatic heterocycles. The van der Waals surface area contributed by atoms with Crippen molar-refractivity contribution in [1.82, 2.24) is 9.80 Å². The Hall–Kier alpha value is -2.93. The maximum Gasteiger partial charge on any atom is 0.338 e. The molecule has 1 unspecified atom stereocenters. The Morgan fingerprint density at radius 1 is 1.00 bits per heavy atom. The summed E-state index contributed by atoms with van der Waals surface area (Å²) < 4.78 is 18.1. The van der Waals surface area contributed by atoms with Gasteiger partial charge in [-0.25, -0.2) is 14.0 Å². The number of carbonyl (C=O) groups is 2. The fourth-order valence-corrected chi connectivity index (χ4v) is 5.02. The first-order valence-corrected chi connectivity index (χ1v) is 12.3. The first-order valence-electron chi connectivity index (χ1n) is 12.3. The zero-order chi connectivity index (χ0) is 23.9. The fourth-order valence-electron chi connectivity index (χ4n) is 5.02. The van der Waals surface area contributed by atoms with E-state index in [1.807, 2.05) is 17.0 Å². The van der Waals surface area contributed by atoms with Crippen molar-refractivity contribution in [2.24, 2.45) is 5.92 Å². The monoisotopic (exact) mass is 467 g/mol. The quantitative estimate of drug-likeness (QED) is 0.585. The van der Waals surface area contributed by atoms with E-state index in [0.717, 1.165) is 58.3 Å². The summed E-state index contributed by atoms with van der Waals surface area (Å²) in [6.45, 7) is 5.84. The summed E-state index contributed by atoms with van der Waals surface area (Å²) in [6.07, 6.45) is 5.29. The van der Waals surface area contributed by atoms with E-state index < -0.39 is 0 Å². The van der Waals surface area contributed by atoms with E-state index in [9.17, 15) is 14.0 Å². The van der Waals surface area contributed by atoms with Crippen molar-refractivity contribution in [3.63, 3.8) is 0 Å². The number of hydrogen-bond donors (Lipinski definition) is 1. The molecule has 2 saturated heterocycles. The molecule has 6 nitrogen and oxygen atoms in total. The molecule has 34 heavy (non-hydrogen) atoms. The van der Waals surface area contributed by atoms with Gasteiger partial charge in [-0.05, 0) is 100.0 Å². The fraction of sp³-hybridized carbons (Fsp3) is 0.481. The van der Waals surface area contributed by atoms with Gasteiger partial charge in [-0.3, -0.25) is 0 Å². The predicted octanol–water partition coefficient (Wildman–Crippen LogP) is 4.95. The van der Waals surface area contributed by atoms with Crippen molar-refractivity contribution < 1.29 is 18.7 Å². The van der Waals surface area contributed by atoms with Crippen molar-refractivity contribution in [3.8, 4) is 0 Å². The molecule has 0 bridgehead atoms. The molecule has 7 heteroatoms. The largest absolute Gasteiger partial charge is 0.462 e. The molecule has 2 heterocycles. The van der Waals surface area contributed by atoms with Crippen LogP contribution in [0.25, 0.3) is 0 Å². The van der Waals surface area contributed by atoms with E-state index in [2.05, 4.69) is 10.2 Å². The highest BCUT2D eigenvalue weighted by atomic mass is 19.1. The molecule has 182 valence electrons. The second kappa shape index (κ2) is 11.5. The van der Waals surface area contributed by atoms with Crippen LogP contribution in [-0.4, -0.2) is 60.6 Å². The third-order valence-corrected chi connectivity index (χ3v) is 6.90. The number of piperidine rings is 1. The molecule has 4 rings (SSSR count). The Balaban J connectivity index is 1.24. The number of halogens is 1. The van der Waals surface area contributed by atoms with Gasteiger partial charge in [0, 0.05) is 24.8 Å². The van der Waals surface area contributed by atoms with Crippen LogP contribution in [0.1, 0.15) is 48.5 Å². The van der Waals surface area contributed by atoms with Gasteiger partial charge in [0.1, 0.15) is 5.82 Å². The molecule has 2 aliphatic heterocycles. The average molecular weight is 468 g/mol. The smallest absolute Gasteiger partial charge is 0.338 e. The van der Waals surface area contributed by atoms with E-state index in [1.54, 1.807) is 43.3 Å². The van der Waals surface area contributed by atoms with E-state index in [4.69, 9.17) is 4.74 Å². The van der Waals surface area contributed by atoms with Gasteiger partial charge in [0.05, 0.1) is 12.2 Å². The third kappa shape index (κ3) is 6.35. The molecule has 0 aliphatic carbocycles. The minimum Gasteiger partial charge on any atom is -0.462 e.